The Morgan fingerprint density at radius 1 is 1.28 bits per heavy atom. The van der Waals surface area contributed by atoms with Crippen LogP contribution in [0.25, 0.3) is 0 Å². The summed E-state index contributed by atoms with van der Waals surface area (Å²) in [6.45, 7) is 3.94. The molecule has 7 nitrogen and oxygen atoms in total. The number of esters is 1. The van der Waals surface area contributed by atoms with Crippen LogP contribution in [0.1, 0.15) is 25.5 Å². The van der Waals surface area contributed by atoms with E-state index in [1.807, 2.05) is 6.92 Å². The molecule has 25 heavy (non-hydrogen) atoms. The van der Waals surface area contributed by atoms with E-state index < -0.39 is 12.0 Å². The van der Waals surface area contributed by atoms with Crippen LogP contribution in [0.15, 0.2) is 23.4 Å². The number of ether oxygens (including phenoxy) is 3. The highest BCUT2D eigenvalue weighted by Gasteiger charge is 2.37. The van der Waals surface area contributed by atoms with E-state index in [1.54, 1.807) is 19.1 Å². The van der Waals surface area contributed by atoms with Crippen molar-refractivity contribution < 1.29 is 23.8 Å². The fraction of sp³-hybridized carbons (Fsp3) is 0.412. The third-order valence-corrected chi connectivity index (χ3v) is 4.32. The quantitative estimate of drug-likeness (QED) is 0.808. The number of amides is 2. The Labute approximate surface area is 151 Å². The molecule has 0 fully saturated rings. The van der Waals surface area contributed by atoms with Crippen molar-refractivity contribution in [3.05, 3.63) is 34.0 Å². The molecule has 1 aromatic rings. The molecule has 136 valence electrons. The van der Waals surface area contributed by atoms with Gasteiger partial charge in [0.25, 0.3) is 0 Å². The number of methoxy groups -OCH3 is 3. The van der Waals surface area contributed by atoms with Gasteiger partial charge in [-0.15, -0.1) is 0 Å². The zero-order chi connectivity index (χ0) is 18.7. The molecule has 8 heteroatoms. The molecular formula is C17H21ClN2O5. The Hall–Kier alpha value is -2.41. The van der Waals surface area contributed by atoms with Gasteiger partial charge in [0.15, 0.2) is 11.5 Å². The fourth-order valence-corrected chi connectivity index (χ4v) is 3.16. The molecule has 0 saturated carbocycles. The molecule has 1 atom stereocenters. The maximum Gasteiger partial charge on any atom is 0.337 e. The van der Waals surface area contributed by atoms with Crippen LogP contribution in [0.4, 0.5) is 4.79 Å². The lowest BCUT2D eigenvalue weighted by molar-refractivity contribution is -0.136. The van der Waals surface area contributed by atoms with E-state index >= 15 is 0 Å². The first kappa shape index (κ1) is 18.9. The molecule has 1 heterocycles. The van der Waals surface area contributed by atoms with Crippen LogP contribution in [0, 0.1) is 0 Å². The van der Waals surface area contributed by atoms with Crippen molar-refractivity contribution in [2.75, 3.05) is 27.9 Å². The van der Waals surface area contributed by atoms with E-state index in [9.17, 15) is 9.59 Å². The van der Waals surface area contributed by atoms with Gasteiger partial charge in [-0.25, -0.2) is 9.59 Å². The van der Waals surface area contributed by atoms with E-state index in [4.69, 9.17) is 25.8 Å². The summed E-state index contributed by atoms with van der Waals surface area (Å²) in [6, 6.07) is 2.14. The van der Waals surface area contributed by atoms with Crippen molar-refractivity contribution >= 4 is 23.6 Å². The number of carbonyl (C=O) groups is 2. The summed E-state index contributed by atoms with van der Waals surface area (Å²) in [6.07, 6.45) is 0. The third-order valence-electron chi connectivity index (χ3n) is 4.10. The third kappa shape index (κ3) is 3.37. The Balaban J connectivity index is 2.72. The molecule has 0 radical (unpaired) electrons. The van der Waals surface area contributed by atoms with Gasteiger partial charge in [0.05, 0.1) is 32.9 Å². The molecule has 0 spiro atoms. The number of urea groups is 1. The standard InChI is InChI=1S/C17H21ClN2O5/c1-6-20-9(2)13(16(21)25-5)14(19-17(20)22)11-7-10(18)8-12(23-3)15(11)24-4/h7-8,14H,6H2,1-5H3,(H,19,22)/t14-/m1/s1. The van der Waals surface area contributed by atoms with Crippen molar-refractivity contribution in [2.45, 2.75) is 19.9 Å². The van der Waals surface area contributed by atoms with Gasteiger partial charge < -0.3 is 19.5 Å². The predicted molar refractivity (Wildman–Crippen MR) is 92.9 cm³/mol. The topological polar surface area (TPSA) is 77.1 Å². The molecule has 1 aliphatic heterocycles. The Bertz CT molecular complexity index is 732. The zero-order valence-corrected chi connectivity index (χ0v) is 15.6. The minimum Gasteiger partial charge on any atom is -0.493 e. The highest BCUT2D eigenvalue weighted by atomic mass is 35.5. The van der Waals surface area contributed by atoms with Gasteiger partial charge in [-0.05, 0) is 19.9 Å². The Morgan fingerprint density at radius 3 is 2.48 bits per heavy atom. The maximum absolute atomic E-state index is 12.4. The second-order valence-corrected chi connectivity index (χ2v) is 5.78. The normalized spacial score (nSPS) is 17.3. The molecule has 1 N–H and O–H groups in total. The van der Waals surface area contributed by atoms with E-state index in [0.29, 0.717) is 39.9 Å². The number of halogens is 1. The number of benzene rings is 1. The molecule has 0 saturated heterocycles. The minimum absolute atomic E-state index is 0.312. The predicted octanol–water partition coefficient (Wildman–Crippen LogP) is 2.89. The second kappa shape index (κ2) is 7.65. The van der Waals surface area contributed by atoms with Gasteiger partial charge in [-0.2, -0.15) is 0 Å². The molecule has 1 aliphatic rings. The number of hydrogen-bond donors (Lipinski definition) is 1. The Morgan fingerprint density at radius 2 is 1.96 bits per heavy atom. The lowest BCUT2D eigenvalue weighted by Gasteiger charge is -2.35. The van der Waals surface area contributed by atoms with Gasteiger partial charge in [0, 0.05) is 28.9 Å². The van der Waals surface area contributed by atoms with Gasteiger partial charge in [-0.1, -0.05) is 11.6 Å². The van der Waals surface area contributed by atoms with Crippen molar-refractivity contribution in [2.24, 2.45) is 0 Å². The number of rotatable bonds is 5. The average molecular weight is 369 g/mol. The van der Waals surface area contributed by atoms with Crippen molar-refractivity contribution in [3.8, 4) is 11.5 Å². The smallest absolute Gasteiger partial charge is 0.337 e. The molecule has 0 aliphatic carbocycles. The Kier molecular flexibility index (Phi) is 5.79. The number of nitrogens with zero attached hydrogens (tertiary/aromatic N) is 1. The van der Waals surface area contributed by atoms with Crippen LogP contribution in [-0.2, 0) is 9.53 Å². The molecule has 0 unspecified atom stereocenters. The lowest BCUT2D eigenvalue weighted by atomic mass is 9.93. The second-order valence-electron chi connectivity index (χ2n) is 5.35. The first-order chi connectivity index (χ1) is 11.9. The van der Waals surface area contributed by atoms with Crippen molar-refractivity contribution in [3.63, 3.8) is 0 Å². The van der Waals surface area contributed by atoms with Gasteiger partial charge >= 0.3 is 12.0 Å². The lowest BCUT2D eigenvalue weighted by Crippen LogP contribution is -2.47. The number of nitrogens with one attached hydrogen (secondary N) is 1. The maximum atomic E-state index is 12.4. The summed E-state index contributed by atoms with van der Waals surface area (Å²) >= 11 is 6.18. The van der Waals surface area contributed by atoms with Crippen LogP contribution in [0.5, 0.6) is 11.5 Å². The largest absolute Gasteiger partial charge is 0.493 e. The summed E-state index contributed by atoms with van der Waals surface area (Å²) < 4.78 is 15.7. The van der Waals surface area contributed by atoms with Gasteiger partial charge in [0.2, 0.25) is 0 Å². The van der Waals surface area contributed by atoms with Crippen LogP contribution >= 0.6 is 11.6 Å². The first-order valence-corrected chi connectivity index (χ1v) is 8.05. The summed E-state index contributed by atoms with van der Waals surface area (Å²) in [5, 5.41) is 3.21. The molecular weight excluding hydrogens is 348 g/mol. The zero-order valence-electron chi connectivity index (χ0n) is 14.8. The summed E-state index contributed by atoms with van der Waals surface area (Å²) in [5.74, 6) is 0.248. The van der Waals surface area contributed by atoms with Crippen molar-refractivity contribution in [1.29, 1.82) is 0 Å². The summed E-state index contributed by atoms with van der Waals surface area (Å²) in [5.41, 5.74) is 1.34. The first-order valence-electron chi connectivity index (χ1n) is 7.68. The van der Waals surface area contributed by atoms with E-state index in [-0.39, 0.29) is 6.03 Å². The fourth-order valence-electron chi connectivity index (χ4n) is 2.94. The monoisotopic (exact) mass is 368 g/mol. The number of hydrogen-bond acceptors (Lipinski definition) is 5. The minimum atomic E-state index is -0.773. The van der Waals surface area contributed by atoms with Crippen LogP contribution in [-0.4, -0.2) is 44.8 Å². The number of allylic oxidation sites excluding steroid dienone is 1. The highest BCUT2D eigenvalue weighted by molar-refractivity contribution is 6.30. The van der Waals surface area contributed by atoms with Crippen LogP contribution < -0.4 is 14.8 Å². The highest BCUT2D eigenvalue weighted by Crippen LogP contribution is 2.42. The van der Waals surface area contributed by atoms with E-state index in [2.05, 4.69) is 5.32 Å². The number of carbonyl (C=O) groups excluding carboxylic acids is 2. The van der Waals surface area contributed by atoms with E-state index in [0.717, 1.165) is 0 Å². The SMILES string of the molecule is CCN1C(=O)N[C@H](c2cc(Cl)cc(OC)c2OC)C(C(=O)OC)=C1C. The summed E-state index contributed by atoms with van der Waals surface area (Å²) in [4.78, 5) is 26.3. The molecule has 0 bridgehead atoms. The average Bonchev–Trinajstić information content (AvgIpc) is 2.60. The van der Waals surface area contributed by atoms with E-state index in [1.165, 1.54) is 26.2 Å². The molecule has 0 aromatic heterocycles. The molecule has 2 amide bonds. The van der Waals surface area contributed by atoms with Crippen molar-refractivity contribution in [1.82, 2.24) is 10.2 Å². The molecule has 2 rings (SSSR count). The van der Waals surface area contributed by atoms with Gasteiger partial charge in [-0.3, -0.25) is 4.90 Å². The molecule has 1 aromatic carbocycles. The van der Waals surface area contributed by atoms with Crippen LogP contribution in [0.3, 0.4) is 0 Å². The summed E-state index contributed by atoms with van der Waals surface area (Å²) in [7, 11) is 4.26. The van der Waals surface area contributed by atoms with Gasteiger partial charge in [0.1, 0.15) is 0 Å². The van der Waals surface area contributed by atoms with Crippen LogP contribution in [0.2, 0.25) is 5.02 Å².